The lowest BCUT2D eigenvalue weighted by Gasteiger charge is -2.18. The first-order valence-corrected chi connectivity index (χ1v) is 24.5. The van der Waals surface area contributed by atoms with Crippen LogP contribution >= 0.6 is 7.82 Å². The fraction of sp³-hybridized carbons (Fsp3) is 0.911. The predicted octanol–water partition coefficient (Wildman–Crippen LogP) is 14.2. The molecule has 2 N–H and O–H groups in total. The molecule has 0 heterocycles. The van der Waals surface area contributed by atoms with Gasteiger partial charge in [-0.05, 0) is 38.5 Å². The van der Waals surface area contributed by atoms with E-state index in [0.29, 0.717) is 6.42 Å². The van der Waals surface area contributed by atoms with Crippen molar-refractivity contribution in [2.24, 2.45) is 0 Å². The molecule has 0 aromatic carbocycles. The summed E-state index contributed by atoms with van der Waals surface area (Å²) >= 11 is 0. The Morgan fingerprint density at radius 1 is 0.463 bits per heavy atom. The van der Waals surface area contributed by atoms with E-state index < -0.39 is 32.5 Å². The lowest BCUT2D eigenvalue weighted by Crippen LogP contribution is -2.29. The molecule has 0 saturated heterocycles. The van der Waals surface area contributed by atoms with Crippen LogP contribution in [0.25, 0.3) is 0 Å². The summed E-state index contributed by atoms with van der Waals surface area (Å²) in [5.41, 5.74) is 0. The van der Waals surface area contributed by atoms with E-state index in [1.165, 1.54) is 167 Å². The molecule has 0 bridgehead atoms. The van der Waals surface area contributed by atoms with E-state index in [9.17, 15) is 14.2 Å². The van der Waals surface area contributed by atoms with Crippen molar-refractivity contribution < 1.29 is 37.9 Å². The number of allylic oxidation sites excluding steroid dienone is 2. The second-order valence-corrected chi connectivity index (χ2v) is 17.0. The number of phosphoric acid groups is 1. The van der Waals surface area contributed by atoms with E-state index >= 15 is 0 Å². The molecule has 0 aromatic rings. The van der Waals surface area contributed by atoms with Gasteiger partial charge in [-0.15, -0.1) is 0 Å². The molecule has 8 nitrogen and oxygen atoms in total. The SMILES string of the molecule is CCCCCCCCC/C=C\CCCCCCCCCC(=O)OC(COC(=O)CCCCCCCCCCCCCCCCCCCC)COP(=O)(O)O. The van der Waals surface area contributed by atoms with Crippen molar-refractivity contribution >= 4 is 19.8 Å². The molecular formula is C45H87O8P. The number of esters is 2. The van der Waals surface area contributed by atoms with Gasteiger partial charge >= 0.3 is 19.8 Å². The van der Waals surface area contributed by atoms with Gasteiger partial charge in [0.25, 0.3) is 0 Å². The maximum Gasteiger partial charge on any atom is 0.469 e. The maximum absolute atomic E-state index is 12.4. The van der Waals surface area contributed by atoms with Crippen molar-refractivity contribution in [3.05, 3.63) is 12.2 Å². The summed E-state index contributed by atoms with van der Waals surface area (Å²) in [4.78, 5) is 42.9. The number of carbonyl (C=O) groups excluding carboxylic acids is 2. The molecular weight excluding hydrogens is 699 g/mol. The summed E-state index contributed by atoms with van der Waals surface area (Å²) in [6.07, 6.45) is 46.5. The Kier molecular flexibility index (Phi) is 40.5. The van der Waals surface area contributed by atoms with Gasteiger partial charge in [0, 0.05) is 12.8 Å². The van der Waals surface area contributed by atoms with Crippen LogP contribution in [0, 0.1) is 0 Å². The highest BCUT2D eigenvalue weighted by molar-refractivity contribution is 7.46. The molecule has 54 heavy (non-hydrogen) atoms. The Morgan fingerprint density at radius 3 is 1.13 bits per heavy atom. The van der Waals surface area contributed by atoms with E-state index in [1.54, 1.807) is 0 Å². The third-order valence-electron chi connectivity index (χ3n) is 10.3. The summed E-state index contributed by atoms with van der Waals surface area (Å²) in [6, 6.07) is 0. The average Bonchev–Trinajstić information content (AvgIpc) is 3.14. The minimum Gasteiger partial charge on any atom is -0.462 e. The van der Waals surface area contributed by atoms with E-state index in [0.717, 1.165) is 44.9 Å². The summed E-state index contributed by atoms with van der Waals surface area (Å²) in [5, 5.41) is 0. The van der Waals surface area contributed by atoms with Crippen LogP contribution < -0.4 is 0 Å². The molecule has 0 radical (unpaired) electrons. The standard InChI is InChI=1S/C45H87O8P/c1-3-5-7-9-11-13-15-17-19-21-23-25-27-29-31-33-35-37-39-44(46)51-41-43(42-52-54(48,49)50)53-45(47)40-38-36-34-32-30-28-26-24-22-20-18-16-14-12-10-8-6-4-2/h20,22,43H,3-19,21,23-42H2,1-2H3,(H2,48,49,50)/b22-20-. The molecule has 0 aliphatic rings. The summed E-state index contributed by atoms with van der Waals surface area (Å²) in [5.74, 6) is -0.875. The van der Waals surface area contributed by atoms with Crippen LogP contribution in [0.2, 0.25) is 0 Å². The van der Waals surface area contributed by atoms with Gasteiger partial charge in [0.15, 0.2) is 6.10 Å². The van der Waals surface area contributed by atoms with E-state index in [2.05, 4.69) is 30.5 Å². The van der Waals surface area contributed by atoms with Crippen molar-refractivity contribution in [2.45, 2.75) is 251 Å². The van der Waals surface area contributed by atoms with Gasteiger partial charge in [0.05, 0.1) is 6.61 Å². The van der Waals surface area contributed by atoms with Gasteiger partial charge in [0.2, 0.25) is 0 Å². The normalized spacial score (nSPS) is 12.4. The number of carbonyl (C=O) groups is 2. The second-order valence-electron chi connectivity index (χ2n) is 15.7. The molecule has 0 aliphatic heterocycles. The van der Waals surface area contributed by atoms with Crippen molar-refractivity contribution in [2.75, 3.05) is 13.2 Å². The Hall–Kier alpha value is -1.21. The van der Waals surface area contributed by atoms with Gasteiger partial charge < -0.3 is 19.3 Å². The van der Waals surface area contributed by atoms with Gasteiger partial charge in [-0.2, -0.15) is 0 Å². The largest absolute Gasteiger partial charge is 0.469 e. The average molecular weight is 787 g/mol. The van der Waals surface area contributed by atoms with Crippen molar-refractivity contribution in [3.63, 3.8) is 0 Å². The lowest BCUT2D eigenvalue weighted by molar-refractivity contribution is -0.161. The first-order chi connectivity index (χ1) is 26.3. The highest BCUT2D eigenvalue weighted by Gasteiger charge is 2.23. The fourth-order valence-electron chi connectivity index (χ4n) is 6.84. The Morgan fingerprint density at radius 2 is 0.778 bits per heavy atom. The van der Waals surface area contributed by atoms with Crippen molar-refractivity contribution in [1.82, 2.24) is 0 Å². The number of rotatable bonds is 43. The molecule has 0 rings (SSSR count). The van der Waals surface area contributed by atoms with Gasteiger partial charge in [0.1, 0.15) is 6.61 Å². The lowest BCUT2D eigenvalue weighted by atomic mass is 10.0. The topological polar surface area (TPSA) is 119 Å². The fourth-order valence-corrected chi connectivity index (χ4v) is 7.20. The first kappa shape index (κ1) is 52.8. The van der Waals surface area contributed by atoms with Crippen LogP contribution in [0.15, 0.2) is 12.2 Å². The van der Waals surface area contributed by atoms with Crippen molar-refractivity contribution in [3.8, 4) is 0 Å². The zero-order chi connectivity index (χ0) is 39.6. The Bertz CT molecular complexity index is 889. The van der Waals surface area contributed by atoms with Crippen LogP contribution in [0.5, 0.6) is 0 Å². The monoisotopic (exact) mass is 787 g/mol. The number of hydrogen-bond donors (Lipinski definition) is 2. The summed E-state index contributed by atoms with van der Waals surface area (Å²) in [6.45, 7) is 3.72. The zero-order valence-electron chi connectivity index (χ0n) is 35.4. The van der Waals surface area contributed by atoms with E-state index in [4.69, 9.17) is 19.3 Å². The van der Waals surface area contributed by atoms with Gasteiger partial charge in [-0.25, -0.2) is 4.57 Å². The Labute approximate surface area is 333 Å². The predicted molar refractivity (Wildman–Crippen MR) is 226 cm³/mol. The van der Waals surface area contributed by atoms with Crippen molar-refractivity contribution in [1.29, 1.82) is 0 Å². The van der Waals surface area contributed by atoms with E-state index in [1.807, 2.05) is 0 Å². The molecule has 0 aliphatic carbocycles. The molecule has 9 heteroatoms. The third kappa shape index (κ3) is 43.5. The zero-order valence-corrected chi connectivity index (χ0v) is 36.3. The van der Waals surface area contributed by atoms with Crippen LogP contribution in [0.1, 0.15) is 245 Å². The highest BCUT2D eigenvalue weighted by Crippen LogP contribution is 2.36. The molecule has 0 fully saturated rings. The number of ether oxygens (including phenoxy) is 2. The second kappa shape index (κ2) is 41.4. The molecule has 0 spiro atoms. The highest BCUT2D eigenvalue weighted by atomic mass is 31.2. The summed E-state index contributed by atoms with van der Waals surface area (Å²) in [7, 11) is -4.75. The number of phosphoric ester groups is 1. The van der Waals surface area contributed by atoms with Gasteiger partial charge in [-0.3, -0.25) is 14.1 Å². The van der Waals surface area contributed by atoms with E-state index in [-0.39, 0.29) is 19.4 Å². The minimum absolute atomic E-state index is 0.212. The number of unbranched alkanes of at least 4 members (excludes halogenated alkanes) is 31. The maximum atomic E-state index is 12.4. The van der Waals surface area contributed by atoms with Crippen LogP contribution in [0.4, 0.5) is 0 Å². The molecule has 0 saturated carbocycles. The molecule has 0 aromatic heterocycles. The Balaban J connectivity index is 3.84. The summed E-state index contributed by atoms with van der Waals surface area (Å²) < 4.78 is 26.5. The molecule has 1 unspecified atom stereocenters. The number of hydrogen-bond acceptors (Lipinski definition) is 6. The van der Waals surface area contributed by atoms with Gasteiger partial charge in [-0.1, -0.05) is 206 Å². The first-order valence-electron chi connectivity index (χ1n) is 23.0. The van der Waals surface area contributed by atoms with Crippen LogP contribution in [-0.2, 0) is 28.2 Å². The van der Waals surface area contributed by atoms with Crippen LogP contribution in [0.3, 0.4) is 0 Å². The third-order valence-corrected chi connectivity index (χ3v) is 10.8. The van der Waals surface area contributed by atoms with Crippen LogP contribution in [-0.4, -0.2) is 41.0 Å². The molecule has 1 atom stereocenters. The smallest absolute Gasteiger partial charge is 0.462 e. The molecule has 0 amide bonds. The molecule has 320 valence electrons. The minimum atomic E-state index is -4.75. The quantitative estimate of drug-likeness (QED) is 0.0271.